The Labute approximate surface area is 73.4 Å². The van der Waals surface area contributed by atoms with Gasteiger partial charge in [-0.3, -0.25) is 0 Å². The third-order valence-corrected chi connectivity index (χ3v) is 2.10. The Bertz CT molecular complexity index is 216. The maximum Gasteiger partial charge on any atom is 0.0104 e. The van der Waals surface area contributed by atoms with Crippen molar-refractivity contribution in [2.45, 2.75) is 5.92 Å². The molecule has 0 saturated heterocycles. The highest BCUT2D eigenvalue weighted by Gasteiger charge is 2.02. The van der Waals surface area contributed by atoms with Gasteiger partial charge in [-0.1, -0.05) is 36.4 Å². The van der Waals surface area contributed by atoms with Gasteiger partial charge in [-0.25, -0.2) is 0 Å². The largest absolute Gasteiger partial charge is 0.178 e. The van der Waals surface area contributed by atoms with Crippen molar-refractivity contribution in [2.24, 2.45) is 0 Å². The molecule has 0 heterocycles. The number of thiol groups is 1. The van der Waals surface area contributed by atoms with E-state index in [1.165, 1.54) is 5.56 Å². The molecule has 0 aliphatic rings. The minimum absolute atomic E-state index is 0.388. The van der Waals surface area contributed by atoms with Crippen LogP contribution in [0.2, 0.25) is 0 Å². The van der Waals surface area contributed by atoms with Crippen molar-refractivity contribution in [3.63, 3.8) is 0 Å². The number of benzene rings is 1. The summed E-state index contributed by atoms with van der Waals surface area (Å²) in [6.07, 6.45) is 1.93. The van der Waals surface area contributed by atoms with E-state index in [4.69, 9.17) is 0 Å². The highest BCUT2D eigenvalue weighted by molar-refractivity contribution is 7.80. The summed E-state index contributed by atoms with van der Waals surface area (Å²) in [4.78, 5) is 0. The predicted molar refractivity (Wildman–Crippen MR) is 53.2 cm³/mol. The van der Waals surface area contributed by atoms with E-state index in [-0.39, 0.29) is 0 Å². The molecule has 0 bridgehead atoms. The fourth-order valence-electron chi connectivity index (χ4n) is 1.02. The predicted octanol–water partition coefficient (Wildman–Crippen LogP) is 2.89. The van der Waals surface area contributed by atoms with E-state index in [1.807, 2.05) is 24.3 Å². The quantitative estimate of drug-likeness (QED) is 0.515. The molecule has 0 fully saturated rings. The maximum atomic E-state index is 4.24. The maximum absolute atomic E-state index is 4.24. The normalized spacial score (nSPS) is 12.5. The monoisotopic (exact) mass is 164 g/mol. The molecule has 1 aromatic carbocycles. The van der Waals surface area contributed by atoms with Gasteiger partial charge in [-0.15, -0.1) is 6.58 Å². The molecule has 0 saturated carbocycles. The molecule has 0 nitrogen and oxygen atoms in total. The van der Waals surface area contributed by atoms with Gasteiger partial charge in [0.2, 0.25) is 0 Å². The fraction of sp³-hybridized carbons (Fsp3) is 0.200. The average Bonchev–Trinajstić information content (AvgIpc) is 2.09. The molecule has 0 N–H and O–H groups in total. The van der Waals surface area contributed by atoms with E-state index in [1.54, 1.807) is 0 Å². The first-order chi connectivity index (χ1) is 5.38. The average molecular weight is 164 g/mol. The summed E-state index contributed by atoms with van der Waals surface area (Å²) in [6, 6.07) is 10.3. The van der Waals surface area contributed by atoms with Crippen molar-refractivity contribution >= 4 is 12.6 Å². The molecule has 0 radical (unpaired) electrons. The zero-order valence-electron chi connectivity index (χ0n) is 6.40. The van der Waals surface area contributed by atoms with E-state index in [0.29, 0.717) is 5.92 Å². The molecule has 58 valence electrons. The highest BCUT2D eigenvalue weighted by atomic mass is 32.1. The standard InChI is InChI=1S/C10H12S/c1-2-9(8-11)10-6-4-3-5-7-10/h2-7,9,11H,1,8H2. The fourth-order valence-corrected chi connectivity index (χ4v) is 1.38. The van der Waals surface area contributed by atoms with Gasteiger partial charge in [-0.05, 0) is 5.56 Å². The van der Waals surface area contributed by atoms with E-state index in [2.05, 4.69) is 31.3 Å². The molecule has 0 aliphatic carbocycles. The van der Waals surface area contributed by atoms with Crippen LogP contribution in [0.4, 0.5) is 0 Å². The van der Waals surface area contributed by atoms with E-state index < -0.39 is 0 Å². The van der Waals surface area contributed by atoms with Crippen molar-refractivity contribution in [2.75, 3.05) is 5.75 Å². The molecule has 11 heavy (non-hydrogen) atoms. The van der Waals surface area contributed by atoms with Crippen LogP contribution in [0.25, 0.3) is 0 Å². The summed E-state index contributed by atoms with van der Waals surface area (Å²) in [7, 11) is 0. The highest BCUT2D eigenvalue weighted by Crippen LogP contribution is 2.16. The zero-order valence-corrected chi connectivity index (χ0v) is 7.30. The van der Waals surface area contributed by atoms with E-state index in [0.717, 1.165) is 5.75 Å². The van der Waals surface area contributed by atoms with Crippen molar-refractivity contribution in [3.05, 3.63) is 48.6 Å². The van der Waals surface area contributed by atoms with Crippen LogP contribution in [0.1, 0.15) is 11.5 Å². The smallest absolute Gasteiger partial charge is 0.0104 e. The van der Waals surface area contributed by atoms with Crippen LogP contribution < -0.4 is 0 Å². The lowest BCUT2D eigenvalue weighted by molar-refractivity contribution is 0.991. The van der Waals surface area contributed by atoms with Crippen molar-refractivity contribution in [1.29, 1.82) is 0 Å². The second kappa shape index (κ2) is 4.24. The third-order valence-electron chi connectivity index (χ3n) is 1.71. The Morgan fingerprint density at radius 2 is 2.00 bits per heavy atom. The first-order valence-corrected chi connectivity index (χ1v) is 4.30. The van der Waals surface area contributed by atoms with Gasteiger partial charge >= 0.3 is 0 Å². The van der Waals surface area contributed by atoms with Crippen LogP contribution in [0.3, 0.4) is 0 Å². The van der Waals surface area contributed by atoms with Gasteiger partial charge in [0.05, 0.1) is 0 Å². The Balaban J connectivity index is 2.82. The van der Waals surface area contributed by atoms with Gasteiger partial charge in [0.25, 0.3) is 0 Å². The molecule has 1 unspecified atom stereocenters. The summed E-state index contributed by atoms with van der Waals surface area (Å²) in [6.45, 7) is 3.76. The van der Waals surface area contributed by atoms with Crippen LogP contribution in [-0.2, 0) is 0 Å². The summed E-state index contributed by atoms with van der Waals surface area (Å²) in [5, 5.41) is 0. The minimum Gasteiger partial charge on any atom is -0.178 e. The Kier molecular flexibility index (Phi) is 3.24. The van der Waals surface area contributed by atoms with Gasteiger partial charge in [0.1, 0.15) is 0 Å². The molecule has 1 atom stereocenters. The molecule has 1 heteroatoms. The third kappa shape index (κ3) is 2.12. The lowest BCUT2D eigenvalue weighted by atomic mass is 10.0. The number of hydrogen-bond donors (Lipinski definition) is 1. The summed E-state index contributed by atoms with van der Waals surface area (Å²) in [5.74, 6) is 1.22. The summed E-state index contributed by atoms with van der Waals surface area (Å²) < 4.78 is 0. The number of hydrogen-bond acceptors (Lipinski definition) is 1. The SMILES string of the molecule is C=CC(CS)c1ccccc1. The van der Waals surface area contributed by atoms with Crippen LogP contribution >= 0.6 is 12.6 Å². The van der Waals surface area contributed by atoms with Crippen LogP contribution in [0.15, 0.2) is 43.0 Å². The molecule has 0 amide bonds. The lowest BCUT2D eigenvalue weighted by Gasteiger charge is -2.07. The van der Waals surface area contributed by atoms with Crippen molar-refractivity contribution < 1.29 is 0 Å². The number of allylic oxidation sites excluding steroid dienone is 1. The topological polar surface area (TPSA) is 0 Å². The molecule has 0 aromatic heterocycles. The Morgan fingerprint density at radius 3 is 2.45 bits per heavy atom. The molecule has 0 aliphatic heterocycles. The second-order valence-electron chi connectivity index (χ2n) is 2.44. The van der Waals surface area contributed by atoms with Gasteiger partial charge in [-0.2, -0.15) is 12.6 Å². The Hall–Kier alpha value is -0.690. The minimum atomic E-state index is 0.388. The first kappa shape index (κ1) is 8.41. The Morgan fingerprint density at radius 1 is 1.36 bits per heavy atom. The van der Waals surface area contributed by atoms with Gasteiger partial charge < -0.3 is 0 Å². The van der Waals surface area contributed by atoms with Crippen molar-refractivity contribution in [1.82, 2.24) is 0 Å². The molecule has 1 aromatic rings. The summed E-state index contributed by atoms with van der Waals surface area (Å²) in [5.41, 5.74) is 1.29. The van der Waals surface area contributed by atoms with Gasteiger partial charge in [0.15, 0.2) is 0 Å². The van der Waals surface area contributed by atoms with Crippen LogP contribution in [0.5, 0.6) is 0 Å². The zero-order chi connectivity index (χ0) is 8.10. The van der Waals surface area contributed by atoms with E-state index in [9.17, 15) is 0 Å². The van der Waals surface area contributed by atoms with Crippen molar-refractivity contribution in [3.8, 4) is 0 Å². The molecule has 0 spiro atoms. The van der Waals surface area contributed by atoms with Crippen LogP contribution in [0, 0.1) is 0 Å². The van der Waals surface area contributed by atoms with E-state index >= 15 is 0 Å². The molecular weight excluding hydrogens is 152 g/mol. The van der Waals surface area contributed by atoms with Gasteiger partial charge in [0, 0.05) is 11.7 Å². The summed E-state index contributed by atoms with van der Waals surface area (Å²) >= 11 is 4.24. The lowest BCUT2D eigenvalue weighted by Crippen LogP contribution is -1.94. The second-order valence-corrected chi connectivity index (χ2v) is 2.80. The molecular formula is C10H12S. The van der Waals surface area contributed by atoms with Crippen LogP contribution in [-0.4, -0.2) is 5.75 Å². The first-order valence-electron chi connectivity index (χ1n) is 3.67. The number of rotatable bonds is 3. The molecule has 1 rings (SSSR count).